The fraction of sp³-hybridized carbons (Fsp3) is 0.647. The van der Waals surface area contributed by atoms with Crippen molar-refractivity contribution in [2.75, 3.05) is 26.8 Å². The van der Waals surface area contributed by atoms with E-state index in [9.17, 15) is 9.90 Å². The van der Waals surface area contributed by atoms with Gasteiger partial charge in [-0.25, -0.2) is 0 Å². The summed E-state index contributed by atoms with van der Waals surface area (Å²) >= 11 is 0. The van der Waals surface area contributed by atoms with Crippen LogP contribution in [0.25, 0.3) is 0 Å². The third-order valence-electron chi connectivity index (χ3n) is 5.01. The van der Waals surface area contributed by atoms with Crippen LogP contribution in [0, 0.1) is 0 Å². The minimum absolute atomic E-state index is 0.0298. The number of ether oxygens (including phenoxy) is 1. The Hall–Kier alpha value is -1.50. The van der Waals surface area contributed by atoms with Gasteiger partial charge in [0.15, 0.2) is 0 Å². The lowest BCUT2D eigenvalue weighted by Crippen LogP contribution is -2.52. The van der Waals surface area contributed by atoms with Gasteiger partial charge in [0.05, 0.1) is 18.8 Å². The highest BCUT2D eigenvalue weighted by molar-refractivity contribution is 5.78. The van der Waals surface area contributed by atoms with Gasteiger partial charge < -0.3 is 15.2 Å². The smallest absolute Gasteiger partial charge is 0.234 e. The van der Waals surface area contributed by atoms with E-state index in [0.29, 0.717) is 32.5 Å². The van der Waals surface area contributed by atoms with Crippen molar-refractivity contribution in [3.63, 3.8) is 0 Å². The number of amides is 1. The van der Waals surface area contributed by atoms with Crippen LogP contribution < -0.4 is 5.32 Å². The number of methoxy groups -OCH3 is 1. The van der Waals surface area contributed by atoms with E-state index in [0.717, 1.165) is 18.5 Å². The molecule has 0 spiro atoms. The number of fused-ring (bicyclic) bond motifs is 2. The minimum Gasteiger partial charge on any atom is -0.383 e. The number of piperidine rings is 1. The zero-order chi connectivity index (χ0) is 16.3. The highest BCUT2D eigenvalue weighted by Gasteiger charge is 2.49. The molecule has 2 bridgehead atoms. The molecule has 2 N–H and O–H groups in total. The first-order valence-corrected chi connectivity index (χ1v) is 8.27. The van der Waals surface area contributed by atoms with Crippen molar-refractivity contribution in [1.82, 2.24) is 15.2 Å². The summed E-state index contributed by atoms with van der Waals surface area (Å²) in [6.45, 7) is 1.46. The van der Waals surface area contributed by atoms with Crippen LogP contribution in [0.15, 0.2) is 24.4 Å². The second-order valence-corrected chi connectivity index (χ2v) is 6.55. The number of rotatable bonds is 6. The molecule has 2 aliphatic heterocycles. The number of pyridine rings is 1. The maximum atomic E-state index is 12.1. The van der Waals surface area contributed by atoms with Crippen molar-refractivity contribution in [1.29, 1.82) is 0 Å². The fourth-order valence-electron chi connectivity index (χ4n) is 3.94. The second-order valence-electron chi connectivity index (χ2n) is 6.55. The molecule has 23 heavy (non-hydrogen) atoms. The van der Waals surface area contributed by atoms with Crippen molar-refractivity contribution in [2.45, 2.75) is 43.4 Å². The molecule has 2 aliphatic rings. The van der Waals surface area contributed by atoms with Gasteiger partial charge in [0.1, 0.15) is 5.60 Å². The van der Waals surface area contributed by atoms with Gasteiger partial charge in [0.2, 0.25) is 5.91 Å². The van der Waals surface area contributed by atoms with Crippen LogP contribution >= 0.6 is 0 Å². The molecule has 0 unspecified atom stereocenters. The van der Waals surface area contributed by atoms with E-state index < -0.39 is 5.60 Å². The Labute approximate surface area is 136 Å². The van der Waals surface area contributed by atoms with E-state index in [1.54, 1.807) is 13.3 Å². The quantitative estimate of drug-likeness (QED) is 0.754. The summed E-state index contributed by atoms with van der Waals surface area (Å²) in [4.78, 5) is 18.6. The van der Waals surface area contributed by atoms with Crippen LogP contribution in [0.1, 0.15) is 31.4 Å². The highest BCUT2D eigenvalue weighted by Crippen LogP contribution is 2.44. The summed E-state index contributed by atoms with van der Waals surface area (Å²) < 4.78 is 4.94. The summed E-state index contributed by atoms with van der Waals surface area (Å²) in [7, 11) is 1.62. The predicted octanol–water partition coefficient (Wildman–Crippen LogP) is 0.659. The Morgan fingerprint density at radius 2 is 2.17 bits per heavy atom. The molecule has 2 saturated heterocycles. The van der Waals surface area contributed by atoms with Gasteiger partial charge in [-0.15, -0.1) is 0 Å². The normalized spacial score (nSPS) is 30.3. The number of aromatic nitrogens is 1. The third-order valence-corrected chi connectivity index (χ3v) is 5.01. The first-order chi connectivity index (χ1) is 11.1. The Kier molecular flexibility index (Phi) is 4.94. The van der Waals surface area contributed by atoms with Crippen molar-refractivity contribution in [2.24, 2.45) is 0 Å². The number of nitrogens with one attached hydrogen (secondary N) is 1. The van der Waals surface area contributed by atoms with Crippen LogP contribution in [0.5, 0.6) is 0 Å². The molecule has 1 aromatic heterocycles. The Morgan fingerprint density at radius 3 is 2.78 bits per heavy atom. The van der Waals surface area contributed by atoms with Crippen molar-refractivity contribution in [3.05, 3.63) is 30.1 Å². The van der Waals surface area contributed by atoms with Crippen LogP contribution in [-0.4, -0.2) is 59.8 Å². The van der Waals surface area contributed by atoms with Gasteiger partial charge in [0, 0.05) is 31.9 Å². The van der Waals surface area contributed by atoms with Gasteiger partial charge in [-0.1, -0.05) is 6.07 Å². The molecule has 6 heteroatoms. The maximum absolute atomic E-state index is 12.1. The van der Waals surface area contributed by atoms with Crippen molar-refractivity contribution in [3.8, 4) is 0 Å². The summed E-state index contributed by atoms with van der Waals surface area (Å²) in [6.07, 6.45) is 5.08. The number of carbonyl (C=O) groups excluding carboxylic acids is 1. The van der Waals surface area contributed by atoms with E-state index in [-0.39, 0.29) is 18.0 Å². The van der Waals surface area contributed by atoms with E-state index in [2.05, 4.69) is 15.2 Å². The van der Waals surface area contributed by atoms with Crippen LogP contribution in [0.4, 0.5) is 0 Å². The predicted molar refractivity (Wildman–Crippen MR) is 85.8 cm³/mol. The lowest BCUT2D eigenvalue weighted by atomic mass is 9.83. The van der Waals surface area contributed by atoms with Gasteiger partial charge in [0.25, 0.3) is 0 Å². The average molecular weight is 319 g/mol. The molecule has 1 aromatic rings. The molecule has 2 fully saturated rings. The SMILES string of the molecule is COCCNC(=O)CN1[C@@H]2CC[C@@H]1CC(O)(c1ccccn1)C2. The Balaban J connectivity index is 1.62. The number of carbonyl (C=O) groups is 1. The van der Waals surface area contributed by atoms with E-state index >= 15 is 0 Å². The number of nitrogens with zero attached hydrogens (tertiary/aromatic N) is 2. The molecule has 2 atom stereocenters. The Morgan fingerprint density at radius 1 is 1.43 bits per heavy atom. The van der Waals surface area contributed by atoms with Gasteiger partial charge >= 0.3 is 0 Å². The van der Waals surface area contributed by atoms with Gasteiger partial charge in [-0.3, -0.25) is 14.7 Å². The summed E-state index contributed by atoms with van der Waals surface area (Å²) in [5.41, 5.74) is -0.114. The summed E-state index contributed by atoms with van der Waals surface area (Å²) in [6, 6.07) is 6.16. The van der Waals surface area contributed by atoms with Gasteiger partial charge in [-0.05, 0) is 37.8 Å². The molecule has 126 valence electrons. The standard InChI is InChI=1S/C17H25N3O3/c1-23-9-8-19-16(21)12-20-13-5-6-14(20)11-17(22,10-13)15-4-2-3-7-18-15/h2-4,7,13-14,22H,5-6,8-12H2,1H3,(H,19,21)/t13-,14-/m1/s1. The zero-order valence-electron chi connectivity index (χ0n) is 13.6. The monoisotopic (exact) mass is 319 g/mol. The minimum atomic E-state index is -0.865. The molecule has 3 rings (SSSR count). The molecule has 0 aliphatic carbocycles. The maximum Gasteiger partial charge on any atom is 0.234 e. The van der Waals surface area contributed by atoms with E-state index in [1.165, 1.54) is 0 Å². The molecule has 0 radical (unpaired) electrons. The second kappa shape index (κ2) is 6.95. The zero-order valence-corrected chi connectivity index (χ0v) is 13.6. The molecule has 1 amide bonds. The molecular formula is C17H25N3O3. The third kappa shape index (κ3) is 3.54. The molecule has 3 heterocycles. The van der Waals surface area contributed by atoms with Crippen molar-refractivity contribution >= 4 is 5.91 Å². The number of aliphatic hydroxyl groups is 1. The van der Waals surface area contributed by atoms with Crippen LogP contribution in [0.2, 0.25) is 0 Å². The molecule has 0 aromatic carbocycles. The lowest BCUT2D eigenvalue weighted by molar-refractivity contribution is -0.126. The number of hydrogen-bond acceptors (Lipinski definition) is 5. The first-order valence-electron chi connectivity index (χ1n) is 8.27. The highest BCUT2D eigenvalue weighted by atomic mass is 16.5. The lowest BCUT2D eigenvalue weighted by Gasteiger charge is -2.43. The van der Waals surface area contributed by atoms with E-state index in [1.807, 2.05) is 18.2 Å². The van der Waals surface area contributed by atoms with E-state index in [4.69, 9.17) is 4.74 Å². The summed E-state index contributed by atoms with van der Waals surface area (Å²) in [5, 5.41) is 13.9. The van der Waals surface area contributed by atoms with Crippen LogP contribution in [0.3, 0.4) is 0 Å². The summed E-state index contributed by atoms with van der Waals surface area (Å²) in [5.74, 6) is 0.0298. The largest absolute Gasteiger partial charge is 0.383 e. The molecular weight excluding hydrogens is 294 g/mol. The van der Waals surface area contributed by atoms with Gasteiger partial charge in [-0.2, -0.15) is 0 Å². The van der Waals surface area contributed by atoms with Crippen LogP contribution in [-0.2, 0) is 15.1 Å². The average Bonchev–Trinajstić information content (AvgIpc) is 2.80. The Bertz CT molecular complexity index is 523. The topological polar surface area (TPSA) is 74.7 Å². The first kappa shape index (κ1) is 16.4. The molecule has 0 saturated carbocycles. The molecule has 6 nitrogen and oxygen atoms in total. The number of hydrogen-bond donors (Lipinski definition) is 2. The fourth-order valence-corrected chi connectivity index (χ4v) is 3.94. The van der Waals surface area contributed by atoms with Crippen molar-refractivity contribution < 1.29 is 14.6 Å².